The number of benzene rings is 1. The molecule has 0 atom stereocenters. The second-order valence-electron chi connectivity index (χ2n) is 3.57. The lowest BCUT2D eigenvalue weighted by Crippen LogP contribution is -1.88. The molecule has 0 fully saturated rings. The number of nitrogens with two attached hydrogens (primary N) is 1. The molecular weight excluding hydrogens is 200 g/mol. The van der Waals surface area contributed by atoms with Crippen molar-refractivity contribution in [2.24, 2.45) is 0 Å². The third-order valence-electron chi connectivity index (χ3n) is 2.50. The number of nitrogens with one attached hydrogen (secondary N) is 1. The van der Waals surface area contributed by atoms with Crippen molar-refractivity contribution in [1.82, 2.24) is 15.2 Å². The van der Waals surface area contributed by atoms with E-state index in [4.69, 9.17) is 5.73 Å². The fourth-order valence-corrected chi connectivity index (χ4v) is 1.69. The van der Waals surface area contributed by atoms with E-state index < -0.39 is 0 Å². The maximum absolute atomic E-state index is 5.72. The summed E-state index contributed by atoms with van der Waals surface area (Å²) >= 11 is 0. The van der Waals surface area contributed by atoms with Gasteiger partial charge in [-0.3, -0.25) is 5.10 Å². The lowest BCUT2D eigenvalue weighted by Gasteiger charge is -2.00. The molecule has 0 amide bonds. The van der Waals surface area contributed by atoms with E-state index in [1.54, 1.807) is 0 Å². The van der Waals surface area contributed by atoms with Gasteiger partial charge in [0.15, 0.2) is 5.82 Å². The molecule has 0 aliphatic rings. The zero-order valence-electron chi connectivity index (χ0n) is 8.51. The fourth-order valence-electron chi connectivity index (χ4n) is 1.69. The summed E-state index contributed by atoms with van der Waals surface area (Å²) < 4.78 is 0. The minimum atomic E-state index is 0.438. The van der Waals surface area contributed by atoms with Crippen molar-refractivity contribution in [3.05, 3.63) is 42.5 Å². The average molecular weight is 210 g/mol. The highest BCUT2D eigenvalue weighted by molar-refractivity contribution is 5.86. The zero-order valence-corrected chi connectivity index (χ0v) is 8.51. The molecule has 0 radical (unpaired) electrons. The Balaban J connectivity index is 2.22. The summed E-state index contributed by atoms with van der Waals surface area (Å²) in [6, 6.07) is 13.9. The van der Waals surface area contributed by atoms with Crippen LogP contribution in [0, 0.1) is 0 Å². The maximum Gasteiger partial charge on any atom is 0.171 e. The Bertz CT molecular complexity index is 628. The minimum Gasteiger partial charge on any atom is -0.380 e. The molecule has 4 heteroatoms. The number of H-pyrrole nitrogens is 1. The van der Waals surface area contributed by atoms with Gasteiger partial charge in [-0.25, -0.2) is 4.98 Å². The first kappa shape index (κ1) is 8.91. The van der Waals surface area contributed by atoms with Crippen LogP contribution in [0.25, 0.3) is 22.3 Å². The van der Waals surface area contributed by atoms with E-state index in [0.717, 1.165) is 22.3 Å². The summed E-state index contributed by atoms with van der Waals surface area (Å²) in [5, 5.41) is 6.75. The SMILES string of the molecule is Nc1n[nH]c2ccc(-c3ccccc3)nc12. The van der Waals surface area contributed by atoms with Crippen LogP contribution in [-0.4, -0.2) is 15.2 Å². The van der Waals surface area contributed by atoms with Gasteiger partial charge in [0, 0.05) is 5.56 Å². The van der Waals surface area contributed by atoms with Gasteiger partial charge in [0.05, 0.1) is 11.2 Å². The van der Waals surface area contributed by atoms with Crippen LogP contribution in [0.3, 0.4) is 0 Å². The number of anilines is 1. The van der Waals surface area contributed by atoms with E-state index in [9.17, 15) is 0 Å². The highest BCUT2D eigenvalue weighted by Crippen LogP contribution is 2.21. The van der Waals surface area contributed by atoms with Crippen molar-refractivity contribution < 1.29 is 0 Å². The lowest BCUT2D eigenvalue weighted by molar-refractivity contribution is 1.13. The van der Waals surface area contributed by atoms with E-state index in [1.165, 1.54) is 0 Å². The number of pyridine rings is 1. The van der Waals surface area contributed by atoms with Crippen LogP contribution in [0.5, 0.6) is 0 Å². The van der Waals surface area contributed by atoms with Gasteiger partial charge in [-0.05, 0) is 12.1 Å². The molecule has 1 aromatic carbocycles. The van der Waals surface area contributed by atoms with Crippen LogP contribution in [0.15, 0.2) is 42.5 Å². The number of nitrogens with zero attached hydrogens (tertiary/aromatic N) is 2. The molecule has 0 bridgehead atoms. The quantitative estimate of drug-likeness (QED) is 0.647. The van der Waals surface area contributed by atoms with Crippen LogP contribution < -0.4 is 5.73 Å². The Morgan fingerprint density at radius 3 is 2.62 bits per heavy atom. The highest BCUT2D eigenvalue weighted by Gasteiger charge is 2.05. The Morgan fingerprint density at radius 2 is 1.81 bits per heavy atom. The first-order valence-electron chi connectivity index (χ1n) is 5.00. The molecule has 0 saturated carbocycles. The fraction of sp³-hybridized carbons (Fsp3) is 0. The molecule has 4 nitrogen and oxygen atoms in total. The van der Waals surface area contributed by atoms with Gasteiger partial charge in [-0.1, -0.05) is 30.3 Å². The summed E-state index contributed by atoms with van der Waals surface area (Å²) in [6.45, 7) is 0. The van der Waals surface area contributed by atoms with Gasteiger partial charge >= 0.3 is 0 Å². The molecular formula is C12H10N4. The summed E-state index contributed by atoms with van der Waals surface area (Å²) in [7, 11) is 0. The minimum absolute atomic E-state index is 0.438. The molecule has 3 N–H and O–H groups in total. The number of aromatic nitrogens is 3. The van der Waals surface area contributed by atoms with Crippen LogP contribution in [0.1, 0.15) is 0 Å². The predicted molar refractivity (Wildman–Crippen MR) is 63.7 cm³/mol. The van der Waals surface area contributed by atoms with Crippen molar-refractivity contribution in [2.45, 2.75) is 0 Å². The second-order valence-corrected chi connectivity index (χ2v) is 3.57. The number of nitrogen functional groups attached to an aromatic ring is 1. The van der Waals surface area contributed by atoms with Crippen LogP contribution in [0.2, 0.25) is 0 Å². The summed E-state index contributed by atoms with van der Waals surface area (Å²) in [5.74, 6) is 0.438. The molecule has 0 aliphatic heterocycles. The standard InChI is InChI=1S/C12H10N4/c13-12-11-10(15-16-12)7-6-9(14-11)8-4-2-1-3-5-8/h1-7H,(H3,13,15,16). The first-order chi connectivity index (χ1) is 7.84. The van der Waals surface area contributed by atoms with Crippen LogP contribution >= 0.6 is 0 Å². The molecule has 2 heterocycles. The summed E-state index contributed by atoms with van der Waals surface area (Å²) in [4.78, 5) is 4.49. The molecule has 0 spiro atoms. The third-order valence-corrected chi connectivity index (χ3v) is 2.50. The summed E-state index contributed by atoms with van der Waals surface area (Å²) in [5.41, 5.74) is 9.28. The number of hydrogen-bond acceptors (Lipinski definition) is 3. The van der Waals surface area contributed by atoms with Crippen molar-refractivity contribution in [1.29, 1.82) is 0 Å². The first-order valence-corrected chi connectivity index (χ1v) is 5.00. The number of fused-ring (bicyclic) bond motifs is 1. The molecule has 2 aromatic heterocycles. The van der Waals surface area contributed by atoms with E-state index in [0.29, 0.717) is 5.82 Å². The molecule has 16 heavy (non-hydrogen) atoms. The van der Waals surface area contributed by atoms with Crippen LogP contribution in [-0.2, 0) is 0 Å². The van der Waals surface area contributed by atoms with E-state index >= 15 is 0 Å². The zero-order chi connectivity index (χ0) is 11.0. The Kier molecular flexibility index (Phi) is 1.86. The Hall–Kier alpha value is -2.36. The monoisotopic (exact) mass is 210 g/mol. The largest absolute Gasteiger partial charge is 0.380 e. The van der Waals surface area contributed by atoms with Crippen molar-refractivity contribution in [3.8, 4) is 11.3 Å². The van der Waals surface area contributed by atoms with Crippen LogP contribution in [0.4, 0.5) is 5.82 Å². The highest BCUT2D eigenvalue weighted by atomic mass is 15.2. The lowest BCUT2D eigenvalue weighted by atomic mass is 10.1. The number of hydrogen-bond donors (Lipinski definition) is 2. The van der Waals surface area contributed by atoms with Gasteiger partial charge in [-0.2, -0.15) is 5.10 Å². The van der Waals surface area contributed by atoms with Gasteiger partial charge in [0.25, 0.3) is 0 Å². The molecule has 3 aromatic rings. The van der Waals surface area contributed by atoms with E-state index in [-0.39, 0.29) is 0 Å². The number of aromatic amines is 1. The van der Waals surface area contributed by atoms with E-state index in [2.05, 4.69) is 15.2 Å². The van der Waals surface area contributed by atoms with Gasteiger partial charge in [-0.15, -0.1) is 0 Å². The van der Waals surface area contributed by atoms with Gasteiger partial charge in [0.1, 0.15) is 5.52 Å². The number of rotatable bonds is 1. The Labute approximate surface area is 92.1 Å². The molecule has 0 unspecified atom stereocenters. The van der Waals surface area contributed by atoms with Crippen molar-refractivity contribution in [3.63, 3.8) is 0 Å². The molecule has 0 saturated heterocycles. The van der Waals surface area contributed by atoms with E-state index in [1.807, 2.05) is 42.5 Å². The maximum atomic E-state index is 5.72. The summed E-state index contributed by atoms with van der Waals surface area (Å²) in [6.07, 6.45) is 0. The average Bonchev–Trinajstić information content (AvgIpc) is 2.72. The second kappa shape index (κ2) is 3.34. The third kappa shape index (κ3) is 1.32. The molecule has 78 valence electrons. The van der Waals surface area contributed by atoms with Gasteiger partial charge < -0.3 is 5.73 Å². The molecule has 3 rings (SSSR count). The molecule has 0 aliphatic carbocycles. The Morgan fingerprint density at radius 1 is 1.00 bits per heavy atom. The normalized spacial score (nSPS) is 10.8. The smallest absolute Gasteiger partial charge is 0.171 e. The topological polar surface area (TPSA) is 67.6 Å². The van der Waals surface area contributed by atoms with Gasteiger partial charge in [0.2, 0.25) is 0 Å². The predicted octanol–water partition coefficient (Wildman–Crippen LogP) is 2.21. The van der Waals surface area contributed by atoms with Crippen molar-refractivity contribution in [2.75, 3.05) is 5.73 Å². The van der Waals surface area contributed by atoms with Crippen molar-refractivity contribution >= 4 is 16.9 Å².